The van der Waals surface area contributed by atoms with E-state index in [-0.39, 0.29) is 5.71 Å². The van der Waals surface area contributed by atoms with Crippen LogP contribution in [0.15, 0.2) is 21.8 Å². The number of hydrogen-bond acceptors (Lipinski definition) is 2. The molecule has 0 N–H and O–H groups in total. The van der Waals surface area contributed by atoms with Gasteiger partial charge in [-0.3, -0.25) is 9.98 Å². The van der Waals surface area contributed by atoms with Crippen LogP contribution in [0.25, 0.3) is 0 Å². The summed E-state index contributed by atoms with van der Waals surface area (Å²) < 4.78 is 36.3. The first-order valence-electron chi connectivity index (χ1n) is 3.10. The fourth-order valence-corrected chi connectivity index (χ4v) is 0.583. The Hall–Kier alpha value is -1.13. The van der Waals surface area contributed by atoms with E-state index in [1.54, 1.807) is 0 Å². The highest BCUT2D eigenvalue weighted by Gasteiger charge is 2.35. The molecule has 0 aromatic heterocycles. The largest absolute Gasteiger partial charge is 0.419 e. The SMILES string of the molecule is C=N/C=C(\C(C)=NC)C(F)(F)F. The predicted octanol–water partition coefficient (Wildman–Crippen LogP) is 2.22. The smallest absolute Gasteiger partial charge is 0.293 e. The molecule has 68 valence electrons. The second-order valence-corrected chi connectivity index (χ2v) is 2.03. The van der Waals surface area contributed by atoms with E-state index in [0.717, 1.165) is 0 Å². The van der Waals surface area contributed by atoms with Gasteiger partial charge in [0.1, 0.15) is 0 Å². The maximum absolute atomic E-state index is 12.1. The molecule has 0 amide bonds. The molecular weight excluding hydrogens is 169 g/mol. The Kier molecular flexibility index (Phi) is 3.66. The number of rotatable bonds is 2. The lowest BCUT2D eigenvalue weighted by Crippen LogP contribution is -2.17. The summed E-state index contributed by atoms with van der Waals surface area (Å²) in [6.07, 6.45) is -3.76. The second kappa shape index (κ2) is 4.04. The molecule has 0 fully saturated rings. The van der Waals surface area contributed by atoms with Crippen molar-refractivity contribution in [2.45, 2.75) is 13.1 Å². The van der Waals surface area contributed by atoms with Crippen LogP contribution in [0.2, 0.25) is 0 Å². The monoisotopic (exact) mass is 178 g/mol. The van der Waals surface area contributed by atoms with Gasteiger partial charge in [-0.2, -0.15) is 13.2 Å². The fraction of sp³-hybridized carbons (Fsp3) is 0.429. The van der Waals surface area contributed by atoms with Crippen LogP contribution in [0.5, 0.6) is 0 Å². The second-order valence-electron chi connectivity index (χ2n) is 2.03. The molecule has 5 heteroatoms. The number of alkyl halides is 3. The molecule has 0 bridgehead atoms. The summed E-state index contributed by atoms with van der Waals surface area (Å²) in [5.41, 5.74) is -0.963. The predicted molar refractivity (Wildman–Crippen MR) is 42.7 cm³/mol. The molecule has 0 atom stereocenters. The number of aliphatic imine (C=N–C) groups is 2. The summed E-state index contributed by atoms with van der Waals surface area (Å²) in [7, 11) is 1.29. The van der Waals surface area contributed by atoms with E-state index in [9.17, 15) is 13.2 Å². The van der Waals surface area contributed by atoms with E-state index >= 15 is 0 Å². The van der Waals surface area contributed by atoms with Crippen molar-refractivity contribution in [1.82, 2.24) is 0 Å². The van der Waals surface area contributed by atoms with Crippen LogP contribution < -0.4 is 0 Å². The van der Waals surface area contributed by atoms with Crippen molar-refractivity contribution in [3.63, 3.8) is 0 Å². The lowest BCUT2D eigenvalue weighted by atomic mass is 10.2. The molecule has 0 radical (unpaired) electrons. The molecule has 0 aliphatic heterocycles. The third-order valence-corrected chi connectivity index (χ3v) is 1.25. The lowest BCUT2D eigenvalue weighted by molar-refractivity contribution is -0.0862. The van der Waals surface area contributed by atoms with Gasteiger partial charge in [-0.1, -0.05) is 0 Å². The molecule has 0 spiro atoms. The minimum atomic E-state index is -4.41. The summed E-state index contributed by atoms with van der Waals surface area (Å²) in [6.45, 7) is 4.22. The highest BCUT2D eigenvalue weighted by atomic mass is 19.4. The van der Waals surface area contributed by atoms with Crippen molar-refractivity contribution in [2.24, 2.45) is 9.98 Å². The zero-order valence-electron chi connectivity index (χ0n) is 6.81. The standard InChI is InChI=1S/C7H9F3N2/c1-5(12-3)6(4-11-2)7(8,9)10/h4H,2H2,1,3H3/b6-4+,12-5?. The Labute approximate surface area is 68.5 Å². The first kappa shape index (κ1) is 10.9. The van der Waals surface area contributed by atoms with Crippen molar-refractivity contribution in [2.75, 3.05) is 7.05 Å². The van der Waals surface area contributed by atoms with Crippen molar-refractivity contribution in [3.05, 3.63) is 11.8 Å². The third kappa shape index (κ3) is 2.86. The molecule has 0 rings (SSSR count). The van der Waals surface area contributed by atoms with Gasteiger partial charge in [-0.15, -0.1) is 0 Å². The molecule has 0 aromatic carbocycles. The van der Waals surface area contributed by atoms with Gasteiger partial charge in [0.25, 0.3) is 0 Å². The van der Waals surface area contributed by atoms with Crippen molar-refractivity contribution >= 4 is 12.4 Å². The van der Waals surface area contributed by atoms with Crippen LogP contribution in [0.4, 0.5) is 13.2 Å². The van der Waals surface area contributed by atoms with E-state index in [0.29, 0.717) is 6.20 Å². The molecule has 0 heterocycles. The number of nitrogens with zero attached hydrogens (tertiary/aromatic N) is 2. The van der Waals surface area contributed by atoms with Crippen LogP contribution in [-0.4, -0.2) is 25.7 Å². The Morgan fingerprint density at radius 2 is 1.92 bits per heavy atom. The molecule has 0 saturated heterocycles. The topological polar surface area (TPSA) is 24.7 Å². The van der Waals surface area contributed by atoms with Crippen LogP contribution in [0.1, 0.15) is 6.92 Å². The van der Waals surface area contributed by atoms with Crippen molar-refractivity contribution in [1.29, 1.82) is 0 Å². The van der Waals surface area contributed by atoms with E-state index < -0.39 is 11.7 Å². The molecular formula is C7H9F3N2. The van der Waals surface area contributed by atoms with Crippen molar-refractivity contribution in [3.8, 4) is 0 Å². The highest BCUT2D eigenvalue weighted by Crippen LogP contribution is 2.26. The van der Waals surface area contributed by atoms with E-state index in [1.165, 1.54) is 14.0 Å². The molecule has 12 heavy (non-hydrogen) atoms. The number of halogens is 3. The minimum Gasteiger partial charge on any atom is -0.293 e. The maximum Gasteiger partial charge on any atom is 0.419 e. The van der Waals surface area contributed by atoms with E-state index in [4.69, 9.17) is 0 Å². The van der Waals surface area contributed by atoms with Gasteiger partial charge in [-0.05, 0) is 13.6 Å². The Bertz CT molecular complexity index is 225. The summed E-state index contributed by atoms with van der Waals surface area (Å²) in [5.74, 6) is 0. The van der Waals surface area contributed by atoms with Gasteiger partial charge in [0.05, 0.1) is 5.57 Å². The van der Waals surface area contributed by atoms with Crippen LogP contribution in [-0.2, 0) is 0 Å². The third-order valence-electron chi connectivity index (χ3n) is 1.25. The molecule has 0 aliphatic carbocycles. The summed E-state index contributed by atoms with van der Waals surface area (Å²) in [6, 6.07) is 0. The maximum atomic E-state index is 12.1. The highest BCUT2D eigenvalue weighted by molar-refractivity contribution is 5.99. The lowest BCUT2D eigenvalue weighted by Gasteiger charge is -2.09. The Balaban J connectivity index is 4.95. The number of hydrogen-bond donors (Lipinski definition) is 0. The average molecular weight is 178 g/mol. The number of allylic oxidation sites excluding steroid dienone is 1. The van der Waals surface area contributed by atoms with Gasteiger partial charge in [-0.25, -0.2) is 0 Å². The van der Waals surface area contributed by atoms with Gasteiger partial charge in [0.15, 0.2) is 0 Å². The zero-order valence-corrected chi connectivity index (χ0v) is 6.81. The van der Waals surface area contributed by atoms with Crippen LogP contribution in [0.3, 0.4) is 0 Å². The van der Waals surface area contributed by atoms with Crippen LogP contribution in [0, 0.1) is 0 Å². The molecule has 0 aromatic rings. The summed E-state index contributed by atoms with van der Waals surface area (Å²) in [5, 5.41) is 0. The molecule has 0 unspecified atom stereocenters. The van der Waals surface area contributed by atoms with Gasteiger partial charge >= 0.3 is 6.18 Å². The van der Waals surface area contributed by atoms with Gasteiger partial charge in [0.2, 0.25) is 0 Å². The minimum absolute atomic E-state index is 0.102. The fourth-order valence-electron chi connectivity index (χ4n) is 0.583. The summed E-state index contributed by atoms with van der Waals surface area (Å²) >= 11 is 0. The van der Waals surface area contributed by atoms with Crippen LogP contribution >= 0.6 is 0 Å². The van der Waals surface area contributed by atoms with E-state index in [1.807, 2.05) is 0 Å². The first-order valence-corrected chi connectivity index (χ1v) is 3.10. The average Bonchev–Trinajstić information content (AvgIpc) is 1.96. The van der Waals surface area contributed by atoms with Crippen molar-refractivity contribution < 1.29 is 13.2 Å². The van der Waals surface area contributed by atoms with Gasteiger partial charge in [0, 0.05) is 19.0 Å². The quantitative estimate of drug-likeness (QED) is 0.579. The van der Waals surface area contributed by atoms with Gasteiger partial charge < -0.3 is 0 Å². The Morgan fingerprint density at radius 3 is 2.17 bits per heavy atom. The zero-order chi connectivity index (χ0) is 9.78. The molecule has 0 saturated carbocycles. The van der Waals surface area contributed by atoms with E-state index in [2.05, 4.69) is 16.7 Å². The summed E-state index contributed by atoms with van der Waals surface area (Å²) in [4.78, 5) is 6.47. The Morgan fingerprint density at radius 1 is 1.42 bits per heavy atom. The molecule has 2 nitrogen and oxygen atoms in total. The first-order chi connectivity index (χ1) is 5.43. The molecule has 0 aliphatic rings. The normalized spacial score (nSPS) is 14.8.